The van der Waals surface area contributed by atoms with Gasteiger partial charge in [-0.25, -0.2) is 9.59 Å². The van der Waals surface area contributed by atoms with E-state index >= 15 is 0 Å². The van der Waals surface area contributed by atoms with Gasteiger partial charge in [-0.2, -0.15) is 30.7 Å². The monoisotopic (exact) mass is 674 g/mol. The Hall–Kier alpha value is -6.30. The minimum absolute atomic E-state index is 0.346. The highest BCUT2D eigenvalue weighted by molar-refractivity contribution is 5.81. The van der Waals surface area contributed by atoms with Gasteiger partial charge in [0.1, 0.15) is 11.5 Å². The smallest absolute Gasteiger partial charge is 0.330 e. The molecule has 4 aromatic rings. The van der Waals surface area contributed by atoms with Gasteiger partial charge in [-0.05, 0) is 123 Å². The summed E-state index contributed by atoms with van der Waals surface area (Å²) in [7, 11) is 0. The van der Waals surface area contributed by atoms with Gasteiger partial charge in [0.2, 0.25) is 0 Å². The molecule has 0 aliphatic heterocycles. The van der Waals surface area contributed by atoms with Crippen LogP contribution in [-0.4, -0.2) is 38.4 Å². The zero-order valence-corrected chi connectivity index (χ0v) is 27.6. The number of nitrogens with zero attached hydrogens (tertiary/aromatic N) is 6. The Labute approximate surface area is 290 Å². The van der Waals surface area contributed by atoms with E-state index in [1.165, 1.54) is 0 Å². The average Bonchev–Trinajstić information content (AvgIpc) is 3.16. The van der Waals surface area contributed by atoms with Gasteiger partial charge in [0, 0.05) is 12.2 Å². The SMILES string of the molecule is C=CC(=O)OCCCCOc1ccc(N=Nc2ccc(N=Nc3ccc(N=Nc4ccc(OCCCCOC(=O)C=C)cc4)cc3)cc2)cc1. The number of unbranched alkanes of at least 4 members (excludes halogenated alkanes) is 2. The number of azo groups is 3. The van der Waals surface area contributed by atoms with Crippen LogP contribution in [0.4, 0.5) is 34.1 Å². The van der Waals surface area contributed by atoms with Gasteiger partial charge in [0.05, 0.1) is 60.6 Å². The van der Waals surface area contributed by atoms with Gasteiger partial charge in [-0.3, -0.25) is 0 Å². The fourth-order valence-electron chi connectivity index (χ4n) is 3.99. The highest BCUT2D eigenvalue weighted by Crippen LogP contribution is 2.26. The fourth-order valence-corrected chi connectivity index (χ4v) is 3.99. The number of benzene rings is 4. The van der Waals surface area contributed by atoms with E-state index in [4.69, 9.17) is 18.9 Å². The van der Waals surface area contributed by atoms with Crippen LogP contribution in [0.5, 0.6) is 11.5 Å². The van der Waals surface area contributed by atoms with Gasteiger partial charge in [-0.1, -0.05) is 13.2 Å². The van der Waals surface area contributed by atoms with Crippen molar-refractivity contribution < 1.29 is 28.5 Å². The van der Waals surface area contributed by atoms with E-state index in [-0.39, 0.29) is 0 Å². The summed E-state index contributed by atoms with van der Waals surface area (Å²) in [5, 5.41) is 25.7. The zero-order valence-electron chi connectivity index (χ0n) is 27.6. The fraction of sp³-hybridized carbons (Fsp3) is 0.211. The quantitative estimate of drug-likeness (QED) is 0.0394. The van der Waals surface area contributed by atoms with E-state index in [1.807, 2.05) is 97.1 Å². The zero-order chi connectivity index (χ0) is 35.2. The molecule has 4 rings (SSSR count). The van der Waals surface area contributed by atoms with Crippen LogP contribution in [-0.2, 0) is 19.1 Å². The molecule has 50 heavy (non-hydrogen) atoms. The molecule has 0 radical (unpaired) electrons. The molecular weight excluding hydrogens is 636 g/mol. The van der Waals surface area contributed by atoms with Crippen molar-refractivity contribution in [3.05, 3.63) is 122 Å². The molecule has 0 atom stereocenters. The maximum atomic E-state index is 11.0. The first-order valence-electron chi connectivity index (χ1n) is 16.0. The third kappa shape index (κ3) is 13.8. The lowest BCUT2D eigenvalue weighted by Crippen LogP contribution is -2.04. The van der Waals surface area contributed by atoms with E-state index in [1.54, 1.807) is 0 Å². The lowest BCUT2D eigenvalue weighted by atomic mass is 10.3. The molecule has 12 heteroatoms. The van der Waals surface area contributed by atoms with Gasteiger partial charge < -0.3 is 18.9 Å². The van der Waals surface area contributed by atoms with Crippen LogP contribution in [0, 0.1) is 0 Å². The van der Waals surface area contributed by atoms with E-state index in [9.17, 15) is 9.59 Å². The molecule has 0 N–H and O–H groups in total. The molecule has 0 aliphatic carbocycles. The van der Waals surface area contributed by atoms with E-state index in [0.29, 0.717) is 73.4 Å². The Kier molecular flexibility index (Phi) is 15.2. The summed E-state index contributed by atoms with van der Waals surface area (Å²) >= 11 is 0. The third-order valence-electron chi connectivity index (χ3n) is 6.65. The molecule has 0 saturated heterocycles. The van der Waals surface area contributed by atoms with Gasteiger partial charge in [0.25, 0.3) is 0 Å². The molecule has 0 heterocycles. The number of hydrogen-bond donors (Lipinski definition) is 0. The maximum Gasteiger partial charge on any atom is 0.330 e. The van der Waals surface area contributed by atoms with Crippen LogP contribution in [0.1, 0.15) is 25.7 Å². The lowest BCUT2D eigenvalue weighted by Gasteiger charge is -2.06. The van der Waals surface area contributed by atoms with Crippen molar-refractivity contribution in [3.63, 3.8) is 0 Å². The molecule has 0 saturated carbocycles. The summed E-state index contributed by atoms with van der Waals surface area (Å²) in [5.41, 5.74) is 4.10. The van der Waals surface area contributed by atoms with E-state index < -0.39 is 11.9 Å². The summed E-state index contributed by atoms with van der Waals surface area (Å²) < 4.78 is 21.3. The van der Waals surface area contributed by atoms with Crippen molar-refractivity contribution in [1.29, 1.82) is 0 Å². The summed E-state index contributed by atoms with van der Waals surface area (Å²) in [6.45, 7) is 8.45. The predicted octanol–water partition coefficient (Wildman–Crippen LogP) is 10.7. The number of carbonyl (C=O) groups is 2. The van der Waals surface area contributed by atoms with Crippen LogP contribution in [0.2, 0.25) is 0 Å². The van der Waals surface area contributed by atoms with Crippen molar-refractivity contribution >= 4 is 46.1 Å². The Morgan fingerprint density at radius 3 is 0.920 bits per heavy atom. The van der Waals surface area contributed by atoms with Crippen molar-refractivity contribution in [2.75, 3.05) is 26.4 Å². The third-order valence-corrected chi connectivity index (χ3v) is 6.65. The van der Waals surface area contributed by atoms with Crippen molar-refractivity contribution in [1.82, 2.24) is 0 Å². The Balaban J connectivity index is 1.16. The van der Waals surface area contributed by atoms with E-state index in [2.05, 4.69) is 43.8 Å². The molecule has 0 bridgehead atoms. The van der Waals surface area contributed by atoms with Crippen molar-refractivity contribution in [2.24, 2.45) is 30.7 Å². The highest BCUT2D eigenvalue weighted by atomic mass is 16.5. The molecule has 0 aromatic heterocycles. The molecule has 0 unspecified atom stereocenters. The first kappa shape index (κ1) is 36.5. The Morgan fingerprint density at radius 1 is 0.420 bits per heavy atom. The first-order valence-corrected chi connectivity index (χ1v) is 16.0. The Bertz CT molecular complexity index is 1620. The summed E-state index contributed by atoms with van der Waals surface area (Å²) in [5.74, 6) is 0.622. The van der Waals surface area contributed by atoms with Gasteiger partial charge >= 0.3 is 11.9 Å². The molecule has 4 aromatic carbocycles. The van der Waals surface area contributed by atoms with Crippen LogP contribution in [0.3, 0.4) is 0 Å². The number of esters is 2. The lowest BCUT2D eigenvalue weighted by molar-refractivity contribution is -0.138. The first-order chi connectivity index (χ1) is 24.5. The molecule has 0 aliphatic rings. The maximum absolute atomic E-state index is 11.0. The second-order valence-corrected chi connectivity index (χ2v) is 10.5. The van der Waals surface area contributed by atoms with Crippen LogP contribution >= 0.6 is 0 Å². The standard InChI is InChI=1S/C38H38N6O6/c1-3-37(45)49-27-7-5-25-47-35-21-17-33(18-22-35)43-41-31-13-9-29(10-14-31)39-40-30-11-15-32(16-12-30)42-44-34-19-23-36(24-20-34)48-26-6-8-28-50-38(46)4-2/h3-4,9-24H,1-2,5-8,25-28H2. The average molecular weight is 675 g/mol. The Morgan fingerprint density at radius 2 is 0.660 bits per heavy atom. The normalized spacial score (nSPS) is 11.1. The van der Waals surface area contributed by atoms with Gasteiger partial charge in [0.15, 0.2) is 0 Å². The van der Waals surface area contributed by atoms with Crippen LogP contribution in [0.15, 0.2) is 153 Å². The second kappa shape index (κ2) is 20.8. The topological polar surface area (TPSA) is 145 Å². The van der Waals surface area contributed by atoms with Crippen molar-refractivity contribution in [2.45, 2.75) is 25.7 Å². The largest absolute Gasteiger partial charge is 0.494 e. The van der Waals surface area contributed by atoms with E-state index in [0.717, 1.165) is 36.5 Å². The summed E-state index contributed by atoms with van der Waals surface area (Å²) in [6.07, 6.45) is 5.25. The van der Waals surface area contributed by atoms with Crippen molar-refractivity contribution in [3.8, 4) is 11.5 Å². The summed E-state index contributed by atoms with van der Waals surface area (Å²) in [4.78, 5) is 22.0. The number of rotatable bonds is 20. The molecule has 0 fully saturated rings. The number of carbonyl (C=O) groups excluding carboxylic acids is 2. The molecule has 0 amide bonds. The van der Waals surface area contributed by atoms with Crippen LogP contribution in [0.25, 0.3) is 0 Å². The minimum Gasteiger partial charge on any atom is -0.494 e. The molecule has 0 spiro atoms. The van der Waals surface area contributed by atoms with Gasteiger partial charge in [-0.15, -0.1) is 0 Å². The summed E-state index contributed by atoms with van der Waals surface area (Å²) in [6, 6.07) is 29.2. The number of ether oxygens (including phenoxy) is 4. The molecule has 256 valence electrons. The van der Waals surface area contributed by atoms with Crippen LogP contribution < -0.4 is 9.47 Å². The minimum atomic E-state index is -0.416. The second-order valence-electron chi connectivity index (χ2n) is 10.5. The highest BCUT2D eigenvalue weighted by Gasteiger charge is 2.01. The predicted molar refractivity (Wildman–Crippen MR) is 190 cm³/mol. The molecule has 12 nitrogen and oxygen atoms in total. The molecular formula is C38H38N6O6. The number of hydrogen-bond acceptors (Lipinski definition) is 12.